The monoisotopic (exact) mass is 601 g/mol. The second-order valence-electron chi connectivity index (χ2n) is 11.5. The van der Waals surface area contributed by atoms with E-state index in [1.165, 1.54) is 0 Å². The van der Waals surface area contributed by atoms with Gasteiger partial charge < -0.3 is 16.4 Å². The van der Waals surface area contributed by atoms with Gasteiger partial charge in [0, 0.05) is 47.2 Å². The van der Waals surface area contributed by atoms with Gasteiger partial charge in [-0.2, -0.15) is 13.2 Å². The van der Waals surface area contributed by atoms with Gasteiger partial charge in [-0.1, -0.05) is 12.1 Å². The summed E-state index contributed by atoms with van der Waals surface area (Å²) >= 11 is 0. The average molecular weight is 602 g/mol. The number of hydrogen-bond acceptors (Lipinski definition) is 8. The minimum atomic E-state index is -4.56. The number of fused-ring (bicyclic) bond motifs is 1. The predicted octanol–water partition coefficient (Wildman–Crippen LogP) is 4.55. The molecule has 1 amide bonds. The van der Waals surface area contributed by atoms with E-state index in [-0.39, 0.29) is 34.6 Å². The Morgan fingerprint density at radius 2 is 1.77 bits per heavy atom. The molecule has 224 valence electrons. The highest BCUT2D eigenvalue weighted by atomic mass is 19.4. The van der Waals surface area contributed by atoms with Gasteiger partial charge in [0.15, 0.2) is 0 Å². The van der Waals surface area contributed by atoms with Crippen LogP contribution < -0.4 is 27.2 Å². The van der Waals surface area contributed by atoms with Gasteiger partial charge in [-0.25, -0.2) is 15.0 Å². The first kappa shape index (κ1) is 27.7. The number of nitrogen functional groups attached to an aromatic ring is 1. The molecule has 2 aliphatic carbocycles. The number of benzene rings is 1. The van der Waals surface area contributed by atoms with Crippen molar-refractivity contribution in [3.8, 4) is 11.3 Å². The van der Waals surface area contributed by atoms with E-state index in [4.69, 9.17) is 10.7 Å². The Bertz CT molecular complexity index is 1980. The second-order valence-corrected chi connectivity index (χ2v) is 11.5. The summed E-state index contributed by atoms with van der Waals surface area (Å²) in [4.78, 5) is 50.0. The molecule has 44 heavy (non-hydrogen) atoms. The number of amides is 1. The van der Waals surface area contributed by atoms with Crippen molar-refractivity contribution in [2.24, 2.45) is 5.92 Å². The first-order valence-electron chi connectivity index (χ1n) is 14.2. The summed E-state index contributed by atoms with van der Waals surface area (Å²) in [6, 6.07) is 8.10. The molecule has 10 nitrogen and oxygen atoms in total. The molecule has 3 heterocycles. The minimum absolute atomic E-state index is 0.0420. The summed E-state index contributed by atoms with van der Waals surface area (Å²) in [6.07, 6.45) is 4.11. The van der Waals surface area contributed by atoms with Crippen molar-refractivity contribution < 1.29 is 18.0 Å². The molecule has 0 aliphatic heterocycles. The minimum Gasteiger partial charge on any atom is -0.382 e. The van der Waals surface area contributed by atoms with E-state index in [0.717, 1.165) is 37.0 Å². The SMILES string of the molecule is Nc1nccn2c(C3CC(Nc4c(CC5CC5)c(=O)c4=O)C3)nc(-c3ccc(C(=O)Nc4cc(C(F)(F)F)ccn4)cc3)c12. The van der Waals surface area contributed by atoms with E-state index >= 15 is 0 Å². The first-order chi connectivity index (χ1) is 21.1. The zero-order valence-electron chi connectivity index (χ0n) is 23.2. The molecule has 2 saturated carbocycles. The number of nitrogens with two attached hydrogens (primary N) is 1. The van der Waals surface area contributed by atoms with Crippen molar-refractivity contribution in [2.75, 3.05) is 16.4 Å². The number of carbonyl (C=O) groups excluding carboxylic acids is 1. The summed E-state index contributed by atoms with van der Waals surface area (Å²) in [6.45, 7) is 0. The molecule has 0 bridgehead atoms. The predicted molar refractivity (Wildman–Crippen MR) is 157 cm³/mol. The third-order valence-electron chi connectivity index (χ3n) is 8.41. The molecule has 0 radical (unpaired) electrons. The maximum atomic E-state index is 13.0. The molecule has 4 N–H and O–H groups in total. The van der Waals surface area contributed by atoms with Crippen LogP contribution >= 0.6 is 0 Å². The molecule has 13 heteroatoms. The van der Waals surface area contributed by atoms with E-state index < -0.39 is 23.1 Å². The fourth-order valence-corrected chi connectivity index (χ4v) is 5.77. The van der Waals surface area contributed by atoms with Crippen LogP contribution in [0.15, 0.2) is 64.6 Å². The Morgan fingerprint density at radius 1 is 1.02 bits per heavy atom. The van der Waals surface area contributed by atoms with Crippen LogP contribution in [0.3, 0.4) is 0 Å². The van der Waals surface area contributed by atoms with Gasteiger partial charge in [0.2, 0.25) is 10.9 Å². The van der Waals surface area contributed by atoms with Crippen LogP contribution in [0.5, 0.6) is 0 Å². The van der Waals surface area contributed by atoms with Crippen LogP contribution in [-0.4, -0.2) is 31.3 Å². The highest BCUT2D eigenvalue weighted by Gasteiger charge is 2.37. The second kappa shape index (κ2) is 10.3. The number of nitrogens with one attached hydrogen (secondary N) is 2. The number of alkyl halides is 3. The lowest BCUT2D eigenvalue weighted by atomic mass is 9.79. The van der Waals surface area contributed by atoms with Crippen LogP contribution in [0.1, 0.15) is 58.9 Å². The Balaban J connectivity index is 1.09. The molecule has 3 aromatic heterocycles. The Kier molecular flexibility index (Phi) is 6.48. The molecule has 0 saturated heterocycles. The molecule has 5 aromatic rings. The molecule has 0 atom stereocenters. The van der Waals surface area contributed by atoms with E-state index in [1.807, 2.05) is 4.40 Å². The van der Waals surface area contributed by atoms with E-state index in [9.17, 15) is 27.6 Å². The van der Waals surface area contributed by atoms with Crippen molar-refractivity contribution in [3.05, 3.63) is 98.0 Å². The number of anilines is 3. The topological polar surface area (TPSA) is 144 Å². The van der Waals surface area contributed by atoms with Crippen molar-refractivity contribution in [1.29, 1.82) is 0 Å². The summed E-state index contributed by atoms with van der Waals surface area (Å²) in [5.74, 6) is 0.810. The van der Waals surface area contributed by atoms with E-state index in [2.05, 4.69) is 20.6 Å². The maximum absolute atomic E-state index is 13.0. The summed E-state index contributed by atoms with van der Waals surface area (Å²) in [5.41, 5.74) is 7.74. The molecule has 0 unspecified atom stereocenters. The van der Waals surface area contributed by atoms with Gasteiger partial charge in [0.1, 0.15) is 28.7 Å². The summed E-state index contributed by atoms with van der Waals surface area (Å²) in [7, 11) is 0. The Hall–Kier alpha value is -5.07. The molecule has 2 aromatic carbocycles. The van der Waals surface area contributed by atoms with Gasteiger partial charge in [0.25, 0.3) is 5.91 Å². The summed E-state index contributed by atoms with van der Waals surface area (Å²) < 4.78 is 41.0. The number of pyridine rings is 1. The normalized spacial score (nSPS) is 18.3. The van der Waals surface area contributed by atoms with Crippen molar-refractivity contribution in [2.45, 2.75) is 50.2 Å². The lowest BCUT2D eigenvalue weighted by Crippen LogP contribution is -2.44. The molecule has 2 aliphatic rings. The molecular formula is C31H26F3N7O3. The van der Waals surface area contributed by atoms with Gasteiger partial charge in [-0.05, 0) is 62.3 Å². The highest BCUT2D eigenvalue weighted by Crippen LogP contribution is 2.41. The largest absolute Gasteiger partial charge is 0.416 e. The Labute approximate surface area is 247 Å². The third kappa shape index (κ3) is 4.97. The lowest BCUT2D eigenvalue weighted by molar-refractivity contribution is -0.137. The van der Waals surface area contributed by atoms with Gasteiger partial charge in [-0.15, -0.1) is 0 Å². The molecular weight excluding hydrogens is 575 g/mol. The lowest BCUT2D eigenvalue weighted by Gasteiger charge is -2.36. The van der Waals surface area contributed by atoms with Crippen LogP contribution in [0.2, 0.25) is 0 Å². The van der Waals surface area contributed by atoms with Gasteiger partial charge in [0.05, 0.1) is 11.3 Å². The van der Waals surface area contributed by atoms with Crippen molar-refractivity contribution in [3.63, 3.8) is 0 Å². The summed E-state index contributed by atoms with van der Waals surface area (Å²) in [5, 5.41) is 5.70. The average Bonchev–Trinajstić information content (AvgIpc) is 3.73. The Morgan fingerprint density at radius 3 is 2.48 bits per heavy atom. The molecule has 7 rings (SSSR count). The third-order valence-corrected chi connectivity index (χ3v) is 8.41. The van der Waals surface area contributed by atoms with Crippen LogP contribution in [0.25, 0.3) is 16.8 Å². The standard InChI is InChI=1S/C31H26F3N7O3/c32-31(33,34)19-7-8-36-22(14-19)39-30(44)17-5-3-16(4-6-17)23-25-28(35)37-9-10-41(25)29(40-23)18-12-20(13-18)38-24-21(11-15-1-2-15)26(42)27(24)43/h3-10,14-15,18,20,38H,1-2,11-13H2,(H2,35,37)(H,36,39,44). The fraction of sp³-hybridized carbons (Fsp3) is 0.290. The highest BCUT2D eigenvalue weighted by molar-refractivity contribution is 6.04. The van der Waals surface area contributed by atoms with Crippen LogP contribution in [-0.2, 0) is 12.6 Å². The van der Waals surface area contributed by atoms with Crippen molar-refractivity contribution in [1.82, 2.24) is 19.4 Å². The van der Waals surface area contributed by atoms with Crippen LogP contribution in [0.4, 0.5) is 30.5 Å². The fourth-order valence-electron chi connectivity index (χ4n) is 5.77. The van der Waals surface area contributed by atoms with E-state index in [0.29, 0.717) is 53.2 Å². The van der Waals surface area contributed by atoms with Gasteiger partial charge >= 0.3 is 6.18 Å². The molecule has 0 spiro atoms. The van der Waals surface area contributed by atoms with Gasteiger partial charge in [-0.3, -0.25) is 18.8 Å². The zero-order chi connectivity index (χ0) is 30.7. The first-order valence-corrected chi connectivity index (χ1v) is 14.2. The quantitative estimate of drug-likeness (QED) is 0.220. The zero-order valence-corrected chi connectivity index (χ0v) is 23.2. The van der Waals surface area contributed by atoms with Crippen LogP contribution in [0, 0.1) is 5.92 Å². The number of halogens is 3. The number of hydrogen-bond donors (Lipinski definition) is 3. The van der Waals surface area contributed by atoms with E-state index in [1.54, 1.807) is 36.7 Å². The maximum Gasteiger partial charge on any atom is 0.416 e. The number of aromatic nitrogens is 4. The number of rotatable bonds is 8. The number of carbonyl (C=O) groups is 1. The van der Waals surface area contributed by atoms with Crippen molar-refractivity contribution >= 4 is 28.7 Å². The smallest absolute Gasteiger partial charge is 0.382 e. The number of imidazole rings is 1. The number of nitrogens with zero attached hydrogens (tertiary/aromatic N) is 4. The molecule has 2 fully saturated rings.